The van der Waals surface area contributed by atoms with Gasteiger partial charge in [-0.2, -0.15) is 0 Å². The second-order valence-corrected chi connectivity index (χ2v) is 5.20. The largest absolute Gasteiger partial charge is 0.399 e. The number of aliphatic hydroxyl groups excluding tert-OH is 1. The van der Waals surface area contributed by atoms with Gasteiger partial charge in [0.1, 0.15) is 0 Å². The van der Waals surface area contributed by atoms with Crippen LogP contribution in [0.25, 0.3) is 0 Å². The van der Waals surface area contributed by atoms with Crippen molar-refractivity contribution in [1.82, 2.24) is 0 Å². The van der Waals surface area contributed by atoms with Gasteiger partial charge in [0.25, 0.3) is 0 Å². The fourth-order valence-electron chi connectivity index (χ4n) is 1.93. The minimum atomic E-state index is -0.0577. The van der Waals surface area contributed by atoms with Crippen molar-refractivity contribution in [2.24, 2.45) is 0 Å². The van der Waals surface area contributed by atoms with Crippen molar-refractivity contribution in [3.8, 4) is 0 Å². The molecule has 0 bridgehead atoms. The third kappa shape index (κ3) is 2.25. The average molecular weight is 252 g/mol. The van der Waals surface area contributed by atoms with E-state index in [1.54, 1.807) is 22.7 Å². The topological polar surface area (TPSA) is 66.6 Å². The molecular formula is C12H16N2O2S. The molecule has 1 aliphatic heterocycles. The van der Waals surface area contributed by atoms with E-state index in [4.69, 9.17) is 10.8 Å². The number of hydrogen-bond acceptors (Lipinski definition) is 4. The Morgan fingerprint density at radius 2 is 2.29 bits per heavy atom. The number of anilines is 2. The van der Waals surface area contributed by atoms with Crippen molar-refractivity contribution in [3.05, 3.63) is 18.2 Å². The first kappa shape index (κ1) is 12.3. The number of carbonyl (C=O) groups is 1. The predicted molar refractivity (Wildman–Crippen MR) is 70.2 cm³/mol. The summed E-state index contributed by atoms with van der Waals surface area (Å²) in [5.41, 5.74) is 7.20. The molecule has 0 aliphatic carbocycles. The zero-order chi connectivity index (χ0) is 12.4. The van der Waals surface area contributed by atoms with E-state index in [1.165, 1.54) is 0 Å². The maximum absolute atomic E-state index is 12.2. The first-order valence-electron chi connectivity index (χ1n) is 5.65. The highest BCUT2D eigenvalue weighted by molar-refractivity contribution is 8.01. The highest BCUT2D eigenvalue weighted by Crippen LogP contribution is 2.41. The normalized spacial score (nSPS) is 19.3. The molecule has 0 radical (unpaired) electrons. The van der Waals surface area contributed by atoms with E-state index in [2.05, 4.69) is 0 Å². The monoisotopic (exact) mass is 252 g/mol. The number of hydrogen-bond donors (Lipinski definition) is 2. The molecule has 3 N–H and O–H groups in total. The Morgan fingerprint density at radius 3 is 2.94 bits per heavy atom. The third-order valence-electron chi connectivity index (χ3n) is 2.78. The molecule has 1 heterocycles. The molecule has 0 fully saturated rings. The van der Waals surface area contributed by atoms with E-state index in [0.29, 0.717) is 12.2 Å². The SMILES string of the molecule is CCC1Sc2ccc(N)cc2N(CCO)C1=O. The summed E-state index contributed by atoms with van der Waals surface area (Å²) in [7, 11) is 0. The predicted octanol–water partition coefficient (Wildman–Crippen LogP) is 1.48. The number of amides is 1. The van der Waals surface area contributed by atoms with Gasteiger partial charge in [0.05, 0.1) is 17.5 Å². The van der Waals surface area contributed by atoms with Crippen molar-refractivity contribution >= 4 is 29.0 Å². The number of nitrogen functional groups attached to an aromatic ring is 1. The first-order chi connectivity index (χ1) is 8.17. The number of carbonyl (C=O) groups excluding carboxylic acids is 1. The van der Waals surface area contributed by atoms with Gasteiger partial charge in [-0.1, -0.05) is 6.92 Å². The number of rotatable bonds is 3. The van der Waals surface area contributed by atoms with Gasteiger partial charge in [-0.15, -0.1) is 11.8 Å². The zero-order valence-electron chi connectivity index (χ0n) is 9.72. The number of β-amino-alcohol motifs (C(OH)–C–C–N with tert-alkyl or cyclic N) is 1. The van der Waals surface area contributed by atoms with Crippen LogP contribution < -0.4 is 10.6 Å². The summed E-state index contributed by atoms with van der Waals surface area (Å²) < 4.78 is 0. The van der Waals surface area contributed by atoms with Gasteiger partial charge in [0, 0.05) is 17.1 Å². The molecular weight excluding hydrogens is 236 g/mol. The summed E-state index contributed by atoms with van der Waals surface area (Å²) in [6, 6.07) is 5.57. The van der Waals surface area contributed by atoms with Crippen molar-refractivity contribution in [2.45, 2.75) is 23.5 Å². The lowest BCUT2D eigenvalue weighted by Crippen LogP contribution is -2.42. The molecule has 0 saturated carbocycles. The number of nitrogens with zero attached hydrogens (tertiary/aromatic N) is 1. The van der Waals surface area contributed by atoms with Crippen LogP contribution in [0.3, 0.4) is 0 Å². The van der Waals surface area contributed by atoms with Crippen LogP contribution in [0.5, 0.6) is 0 Å². The Balaban J connectivity index is 2.43. The summed E-state index contributed by atoms with van der Waals surface area (Å²) in [5, 5.41) is 9.00. The maximum Gasteiger partial charge on any atom is 0.240 e. The Bertz CT molecular complexity index is 437. The molecule has 92 valence electrons. The van der Waals surface area contributed by atoms with E-state index in [0.717, 1.165) is 17.0 Å². The molecule has 4 nitrogen and oxygen atoms in total. The fraction of sp³-hybridized carbons (Fsp3) is 0.417. The van der Waals surface area contributed by atoms with Gasteiger partial charge >= 0.3 is 0 Å². The molecule has 1 amide bonds. The highest BCUT2D eigenvalue weighted by Gasteiger charge is 2.31. The van der Waals surface area contributed by atoms with Gasteiger partial charge in [-0.25, -0.2) is 0 Å². The molecule has 1 atom stereocenters. The lowest BCUT2D eigenvalue weighted by molar-refractivity contribution is -0.118. The second-order valence-electron chi connectivity index (χ2n) is 3.96. The summed E-state index contributed by atoms with van der Waals surface area (Å²) in [6.07, 6.45) is 0.787. The van der Waals surface area contributed by atoms with Gasteiger partial charge in [0.2, 0.25) is 5.91 Å². The summed E-state index contributed by atoms with van der Waals surface area (Å²) in [4.78, 5) is 14.9. The lowest BCUT2D eigenvalue weighted by atomic mass is 10.2. The molecule has 5 heteroatoms. The average Bonchev–Trinajstić information content (AvgIpc) is 2.33. The van der Waals surface area contributed by atoms with E-state index in [9.17, 15) is 4.79 Å². The Morgan fingerprint density at radius 1 is 1.53 bits per heavy atom. The summed E-state index contributed by atoms with van der Waals surface area (Å²) in [6.45, 7) is 2.28. The van der Waals surface area contributed by atoms with E-state index >= 15 is 0 Å². The minimum Gasteiger partial charge on any atom is -0.399 e. The van der Waals surface area contributed by atoms with Crippen molar-refractivity contribution in [2.75, 3.05) is 23.8 Å². The molecule has 2 rings (SSSR count). The number of aliphatic hydroxyl groups is 1. The fourth-order valence-corrected chi connectivity index (χ4v) is 3.07. The van der Waals surface area contributed by atoms with Crippen LogP contribution in [0, 0.1) is 0 Å². The molecule has 1 aliphatic rings. The standard InChI is InChI=1S/C12H16N2O2S/c1-2-10-12(16)14(5-6-15)9-7-8(13)3-4-11(9)17-10/h3-4,7,10,15H,2,5-6,13H2,1H3. The zero-order valence-corrected chi connectivity index (χ0v) is 10.5. The lowest BCUT2D eigenvalue weighted by Gasteiger charge is -2.33. The Labute approximate surface area is 105 Å². The van der Waals surface area contributed by atoms with Crippen LogP contribution >= 0.6 is 11.8 Å². The Hall–Kier alpha value is -1.20. The number of fused-ring (bicyclic) bond motifs is 1. The molecule has 0 saturated heterocycles. The Kier molecular flexibility index (Phi) is 3.59. The third-order valence-corrected chi connectivity index (χ3v) is 4.20. The van der Waals surface area contributed by atoms with Crippen LogP contribution in [-0.4, -0.2) is 29.4 Å². The van der Waals surface area contributed by atoms with Gasteiger partial charge < -0.3 is 15.7 Å². The van der Waals surface area contributed by atoms with Crippen LogP contribution in [0.15, 0.2) is 23.1 Å². The molecule has 1 aromatic carbocycles. The number of thioether (sulfide) groups is 1. The summed E-state index contributed by atoms with van der Waals surface area (Å²) >= 11 is 1.58. The molecule has 0 spiro atoms. The van der Waals surface area contributed by atoms with Crippen LogP contribution in [-0.2, 0) is 4.79 Å². The molecule has 1 aromatic rings. The van der Waals surface area contributed by atoms with Crippen molar-refractivity contribution < 1.29 is 9.90 Å². The van der Waals surface area contributed by atoms with Crippen LogP contribution in [0.4, 0.5) is 11.4 Å². The smallest absolute Gasteiger partial charge is 0.240 e. The highest BCUT2D eigenvalue weighted by atomic mass is 32.2. The van der Waals surface area contributed by atoms with E-state index in [-0.39, 0.29) is 17.8 Å². The van der Waals surface area contributed by atoms with E-state index < -0.39 is 0 Å². The quantitative estimate of drug-likeness (QED) is 0.800. The minimum absolute atomic E-state index is 0.0406. The van der Waals surface area contributed by atoms with Crippen LogP contribution in [0.2, 0.25) is 0 Å². The second kappa shape index (κ2) is 4.98. The van der Waals surface area contributed by atoms with Gasteiger partial charge in [-0.05, 0) is 24.6 Å². The molecule has 1 unspecified atom stereocenters. The van der Waals surface area contributed by atoms with Crippen molar-refractivity contribution in [3.63, 3.8) is 0 Å². The van der Waals surface area contributed by atoms with Gasteiger partial charge in [0.15, 0.2) is 0 Å². The van der Waals surface area contributed by atoms with Crippen molar-refractivity contribution in [1.29, 1.82) is 0 Å². The maximum atomic E-state index is 12.2. The van der Waals surface area contributed by atoms with Gasteiger partial charge in [-0.3, -0.25) is 4.79 Å². The first-order valence-corrected chi connectivity index (χ1v) is 6.53. The molecule has 17 heavy (non-hydrogen) atoms. The summed E-state index contributed by atoms with van der Waals surface area (Å²) in [5.74, 6) is 0.0599. The number of benzene rings is 1. The van der Waals surface area contributed by atoms with Crippen LogP contribution in [0.1, 0.15) is 13.3 Å². The van der Waals surface area contributed by atoms with E-state index in [1.807, 2.05) is 19.1 Å². The number of nitrogens with two attached hydrogens (primary N) is 1. The molecule has 0 aromatic heterocycles.